The highest BCUT2D eigenvalue weighted by molar-refractivity contribution is 7.19. The molecule has 0 fully saturated rings. The summed E-state index contributed by atoms with van der Waals surface area (Å²) in [5, 5.41) is 7.72. The standard InChI is InChI=1S/C13H15ClN2OS/c1-2-16-12(17)8-15-7-11-13(14)9-5-3-4-6-10(9)18-11/h3-6,15H,2,7-8H2,1H3,(H,16,17). The molecule has 0 bridgehead atoms. The van der Waals surface area contributed by atoms with Crippen LogP contribution >= 0.6 is 22.9 Å². The summed E-state index contributed by atoms with van der Waals surface area (Å²) < 4.78 is 1.18. The molecule has 0 aliphatic carbocycles. The molecule has 0 spiro atoms. The van der Waals surface area contributed by atoms with E-state index in [1.165, 1.54) is 4.70 Å². The van der Waals surface area contributed by atoms with E-state index in [9.17, 15) is 4.79 Å². The average Bonchev–Trinajstić information content (AvgIpc) is 2.68. The zero-order valence-electron chi connectivity index (χ0n) is 10.1. The van der Waals surface area contributed by atoms with Crippen molar-refractivity contribution in [2.24, 2.45) is 0 Å². The van der Waals surface area contributed by atoms with Gasteiger partial charge < -0.3 is 10.6 Å². The molecule has 0 saturated heterocycles. The lowest BCUT2D eigenvalue weighted by molar-refractivity contribution is -0.120. The summed E-state index contributed by atoms with van der Waals surface area (Å²) in [6.07, 6.45) is 0. The monoisotopic (exact) mass is 282 g/mol. The van der Waals surface area contributed by atoms with E-state index in [1.54, 1.807) is 11.3 Å². The number of likely N-dealkylation sites (N-methyl/N-ethyl adjacent to an activating group) is 1. The predicted molar refractivity (Wildman–Crippen MR) is 77.2 cm³/mol. The third kappa shape index (κ3) is 3.02. The molecule has 96 valence electrons. The maximum absolute atomic E-state index is 11.3. The summed E-state index contributed by atoms with van der Waals surface area (Å²) in [7, 11) is 0. The Morgan fingerprint density at radius 2 is 2.17 bits per heavy atom. The van der Waals surface area contributed by atoms with Gasteiger partial charge in [0.15, 0.2) is 0 Å². The summed E-state index contributed by atoms with van der Waals surface area (Å²) in [5.74, 6) is 0.00901. The van der Waals surface area contributed by atoms with Crippen LogP contribution in [0.5, 0.6) is 0 Å². The lowest BCUT2D eigenvalue weighted by Gasteiger charge is -2.03. The van der Waals surface area contributed by atoms with Gasteiger partial charge in [0.25, 0.3) is 0 Å². The van der Waals surface area contributed by atoms with Gasteiger partial charge in [0.2, 0.25) is 5.91 Å². The maximum Gasteiger partial charge on any atom is 0.233 e. The fourth-order valence-corrected chi connectivity index (χ4v) is 3.20. The quantitative estimate of drug-likeness (QED) is 0.885. The molecule has 2 N–H and O–H groups in total. The third-order valence-corrected chi connectivity index (χ3v) is 4.26. The summed E-state index contributed by atoms with van der Waals surface area (Å²) in [5.41, 5.74) is 0. The van der Waals surface area contributed by atoms with E-state index in [0.29, 0.717) is 19.6 Å². The van der Waals surface area contributed by atoms with Crippen LogP contribution in [0.2, 0.25) is 5.02 Å². The van der Waals surface area contributed by atoms with Crippen molar-refractivity contribution < 1.29 is 4.79 Å². The van der Waals surface area contributed by atoms with Gasteiger partial charge in [-0.1, -0.05) is 29.8 Å². The maximum atomic E-state index is 11.3. The van der Waals surface area contributed by atoms with Gasteiger partial charge >= 0.3 is 0 Å². The van der Waals surface area contributed by atoms with Crippen LogP contribution < -0.4 is 10.6 Å². The average molecular weight is 283 g/mol. The van der Waals surface area contributed by atoms with Crippen molar-refractivity contribution in [3.63, 3.8) is 0 Å². The van der Waals surface area contributed by atoms with E-state index in [1.807, 2.05) is 25.1 Å². The van der Waals surface area contributed by atoms with E-state index in [2.05, 4.69) is 16.7 Å². The van der Waals surface area contributed by atoms with Crippen LogP contribution in [-0.2, 0) is 11.3 Å². The van der Waals surface area contributed by atoms with E-state index in [-0.39, 0.29) is 5.91 Å². The van der Waals surface area contributed by atoms with Crippen LogP contribution in [0.4, 0.5) is 0 Å². The molecule has 1 aromatic heterocycles. The molecule has 18 heavy (non-hydrogen) atoms. The molecule has 3 nitrogen and oxygen atoms in total. The molecule has 2 aromatic rings. The van der Waals surface area contributed by atoms with Crippen molar-refractivity contribution in [3.05, 3.63) is 34.2 Å². The van der Waals surface area contributed by atoms with Gasteiger partial charge in [-0.25, -0.2) is 0 Å². The smallest absolute Gasteiger partial charge is 0.233 e. The van der Waals surface area contributed by atoms with Crippen molar-refractivity contribution in [2.45, 2.75) is 13.5 Å². The normalized spacial score (nSPS) is 10.8. The molecule has 0 radical (unpaired) electrons. The van der Waals surface area contributed by atoms with Crippen LogP contribution in [0, 0.1) is 0 Å². The minimum Gasteiger partial charge on any atom is -0.355 e. The third-order valence-electron chi connectivity index (χ3n) is 2.55. The van der Waals surface area contributed by atoms with Gasteiger partial charge in [0.05, 0.1) is 11.6 Å². The molecular formula is C13H15ClN2OS. The molecule has 0 unspecified atom stereocenters. The molecule has 0 saturated carbocycles. The zero-order chi connectivity index (χ0) is 13.0. The first-order valence-electron chi connectivity index (χ1n) is 5.85. The molecule has 1 aromatic carbocycles. The number of hydrogen-bond donors (Lipinski definition) is 2. The lowest BCUT2D eigenvalue weighted by Crippen LogP contribution is -2.33. The Morgan fingerprint density at radius 1 is 1.39 bits per heavy atom. The summed E-state index contributed by atoms with van der Waals surface area (Å²) >= 11 is 7.97. The number of carbonyl (C=O) groups excluding carboxylic acids is 1. The Balaban J connectivity index is 1.99. The number of nitrogens with one attached hydrogen (secondary N) is 2. The number of fused-ring (bicyclic) bond motifs is 1. The van der Waals surface area contributed by atoms with Crippen molar-refractivity contribution in [1.29, 1.82) is 0 Å². The lowest BCUT2D eigenvalue weighted by atomic mass is 10.2. The molecule has 0 aliphatic heterocycles. The topological polar surface area (TPSA) is 41.1 Å². The van der Waals surface area contributed by atoms with Crippen LogP contribution in [0.1, 0.15) is 11.8 Å². The first-order chi connectivity index (χ1) is 8.72. The number of benzene rings is 1. The SMILES string of the molecule is CCNC(=O)CNCc1sc2ccccc2c1Cl. The number of amides is 1. The van der Waals surface area contributed by atoms with Gasteiger partial charge in [-0.05, 0) is 13.0 Å². The van der Waals surface area contributed by atoms with Crippen LogP contribution in [-0.4, -0.2) is 19.0 Å². The van der Waals surface area contributed by atoms with Crippen LogP contribution in [0.15, 0.2) is 24.3 Å². The number of rotatable bonds is 5. The molecule has 5 heteroatoms. The van der Waals surface area contributed by atoms with E-state index < -0.39 is 0 Å². The Morgan fingerprint density at radius 3 is 2.89 bits per heavy atom. The Hall–Kier alpha value is -1.10. The highest BCUT2D eigenvalue weighted by Crippen LogP contribution is 2.34. The molecule has 1 heterocycles. The highest BCUT2D eigenvalue weighted by atomic mass is 35.5. The van der Waals surface area contributed by atoms with Gasteiger partial charge in [-0.3, -0.25) is 4.79 Å². The van der Waals surface area contributed by atoms with Crippen LogP contribution in [0.3, 0.4) is 0 Å². The summed E-state index contributed by atoms with van der Waals surface area (Å²) in [6.45, 7) is 3.50. The Bertz CT molecular complexity index is 553. The van der Waals surface area contributed by atoms with Gasteiger partial charge in [-0.15, -0.1) is 11.3 Å². The first kappa shape index (κ1) is 13.3. The second kappa shape index (κ2) is 6.18. The minimum atomic E-state index is 0.00901. The summed E-state index contributed by atoms with van der Waals surface area (Å²) in [4.78, 5) is 12.4. The van der Waals surface area contributed by atoms with Crippen molar-refractivity contribution in [1.82, 2.24) is 10.6 Å². The first-order valence-corrected chi connectivity index (χ1v) is 7.05. The Labute approximate surface area is 115 Å². The van der Waals surface area contributed by atoms with Crippen molar-refractivity contribution in [2.75, 3.05) is 13.1 Å². The molecule has 1 amide bonds. The molecule has 2 rings (SSSR count). The second-order valence-electron chi connectivity index (χ2n) is 3.89. The van der Waals surface area contributed by atoms with Crippen molar-refractivity contribution >= 4 is 38.9 Å². The van der Waals surface area contributed by atoms with Gasteiger partial charge in [-0.2, -0.15) is 0 Å². The molecule has 0 atom stereocenters. The van der Waals surface area contributed by atoms with E-state index >= 15 is 0 Å². The molecular weight excluding hydrogens is 268 g/mol. The predicted octanol–water partition coefficient (Wildman–Crippen LogP) is 2.78. The zero-order valence-corrected chi connectivity index (χ0v) is 11.7. The number of thiophene rings is 1. The number of halogens is 1. The Kier molecular flexibility index (Phi) is 4.58. The highest BCUT2D eigenvalue weighted by Gasteiger charge is 2.09. The summed E-state index contributed by atoms with van der Waals surface area (Å²) in [6, 6.07) is 8.05. The minimum absolute atomic E-state index is 0.00901. The van der Waals surface area contributed by atoms with Crippen LogP contribution in [0.25, 0.3) is 10.1 Å². The van der Waals surface area contributed by atoms with Gasteiger partial charge in [0.1, 0.15) is 0 Å². The second-order valence-corrected chi connectivity index (χ2v) is 5.41. The number of hydrogen-bond acceptors (Lipinski definition) is 3. The van der Waals surface area contributed by atoms with E-state index in [4.69, 9.17) is 11.6 Å². The van der Waals surface area contributed by atoms with E-state index in [0.717, 1.165) is 15.3 Å². The fourth-order valence-electron chi connectivity index (χ4n) is 1.73. The largest absolute Gasteiger partial charge is 0.355 e. The van der Waals surface area contributed by atoms with Gasteiger partial charge in [0, 0.05) is 28.1 Å². The number of carbonyl (C=O) groups is 1. The fraction of sp³-hybridized carbons (Fsp3) is 0.308. The van der Waals surface area contributed by atoms with Crippen molar-refractivity contribution in [3.8, 4) is 0 Å². The molecule has 0 aliphatic rings.